The number of methoxy groups -OCH3 is 1. The van der Waals surface area contributed by atoms with Gasteiger partial charge in [0.05, 0.1) is 25.4 Å². The molecule has 0 aromatic heterocycles. The van der Waals surface area contributed by atoms with Gasteiger partial charge in [0.1, 0.15) is 0 Å². The van der Waals surface area contributed by atoms with E-state index >= 15 is 0 Å². The smallest absolute Gasteiger partial charge is 0.0897 e. The molecule has 4 nitrogen and oxygen atoms in total. The first-order valence-corrected chi connectivity index (χ1v) is 7.54. The van der Waals surface area contributed by atoms with E-state index in [9.17, 15) is 5.11 Å². The number of rotatable bonds is 8. The molecule has 1 rings (SSSR count). The molecular formula is C15H31NO3. The predicted molar refractivity (Wildman–Crippen MR) is 77.3 cm³/mol. The third-order valence-corrected chi connectivity index (χ3v) is 4.21. The third kappa shape index (κ3) is 6.70. The second-order valence-electron chi connectivity index (χ2n) is 6.13. The van der Waals surface area contributed by atoms with E-state index in [0.29, 0.717) is 25.8 Å². The summed E-state index contributed by atoms with van der Waals surface area (Å²) in [6.07, 6.45) is 3.33. The molecule has 0 amide bonds. The van der Waals surface area contributed by atoms with Gasteiger partial charge in [0.15, 0.2) is 0 Å². The summed E-state index contributed by atoms with van der Waals surface area (Å²) in [5.74, 6) is 1.61. The van der Waals surface area contributed by atoms with Crippen LogP contribution < -0.4 is 5.32 Å². The number of hydrogen-bond acceptors (Lipinski definition) is 4. The van der Waals surface area contributed by atoms with Gasteiger partial charge >= 0.3 is 0 Å². The molecule has 1 saturated carbocycles. The molecular weight excluding hydrogens is 242 g/mol. The zero-order valence-electron chi connectivity index (χ0n) is 12.9. The van der Waals surface area contributed by atoms with Crippen LogP contribution >= 0.6 is 0 Å². The molecule has 0 aliphatic heterocycles. The minimum absolute atomic E-state index is 0.0372. The van der Waals surface area contributed by atoms with Crippen LogP contribution in [0.2, 0.25) is 0 Å². The third-order valence-electron chi connectivity index (χ3n) is 4.21. The van der Waals surface area contributed by atoms with E-state index in [1.165, 1.54) is 19.3 Å². The van der Waals surface area contributed by atoms with Crippen LogP contribution in [0.4, 0.5) is 0 Å². The van der Waals surface area contributed by atoms with Gasteiger partial charge in [-0.3, -0.25) is 0 Å². The summed E-state index contributed by atoms with van der Waals surface area (Å²) in [5, 5.41) is 13.4. The summed E-state index contributed by atoms with van der Waals surface area (Å²) < 4.78 is 10.5. The fraction of sp³-hybridized carbons (Fsp3) is 1.00. The molecule has 19 heavy (non-hydrogen) atoms. The number of ether oxygens (including phenoxy) is 2. The highest BCUT2D eigenvalue weighted by Gasteiger charge is 2.24. The lowest BCUT2D eigenvalue weighted by Gasteiger charge is -2.33. The van der Waals surface area contributed by atoms with Crippen molar-refractivity contribution in [3.8, 4) is 0 Å². The van der Waals surface area contributed by atoms with Crippen molar-refractivity contribution in [1.29, 1.82) is 0 Å². The Labute approximate surface area is 117 Å². The van der Waals surface area contributed by atoms with E-state index < -0.39 is 6.10 Å². The van der Waals surface area contributed by atoms with E-state index in [0.717, 1.165) is 11.8 Å². The molecule has 0 bridgehead atoms. The van der Waals surface area contributed by atoms with Gasteiger partial charge in [-0.25, -0.2) is 0 Å². The molecule has 1 aliphatic rings. The van der Waals surface area contributed by atoms with Crippen LogP contribution in [0.3, 0.4) is 0 Å². The monoisotopic (exact) mass is 273 g/mol. The molecule has 0 aromatic rings. The first-order valence-electron chi connectivity index (χ1n) is 7.54. The molecule has 0 heterocycles. The summed E-state index contributed by atoms with van der Waals surface area (Å²) in [6.45, 7) is 8.17. The second-order valence-corrected chi connectivity index (χ2v) is 6.13. The first kappa shape index (κ1) is 16.9. The van der Waals surface area contributed by atoms with Crippen molar-refractivity contribution in [3.63, 3.8) is 0 Å². The predicted octanol–water partition coefficient (Wildman–Crippen LogP) is 1.81. The average molecular weight is 273 g/mol. The Hall–Kier alpha value is -0.160. The average Bonchev–Trinajstić information content (AvgIpc) is 2.38. The lowest BCUT2D eigenvalue weighted by molar-refractivity contribution is -0.0320. The zero-order chi connectivity index (χ0) is 14.3. The molecule has 1 aliphatic carbocycles. The van der Waals surface area contributed by atoms with Crippen molar-refractivity contribution < 1.29 is 14.6 Å². The topological polar surface area (TPSA) is 50.7 Å². The number of hydrogen-bond donors (Lipinski definition) is 2. The van der Waals surface area contributed by atoms with Gasteiger partial charge in [-0.15, -0.1) is 0 Å². The molecule has 0 spiro atoms. The number of aliphatic hydroxyl groups excluding tert-OH is 1. The molecule has 114 valence electrons. The highest BCUT2D eigenvalue weighted by atomic mass is 16.5. The lowest BCUT2D eigenvalue weighted by Crippen LogP contribution is -2.41. The summed E-state index contributed by atoms with van der Waals surface area (Å²) >= 11 is 0. The molecule has 2 N–H and O–H groups in total. The molecule has 4 heteroatoms. The highest BCUT2D eigenvalue weighted by Crippen LogP contribution is 2.29. The fourth-order valence-electron chi connectivity index (χ4n) is 2.65. The van der Waals surface area contributed by atoms with E-state index in [2.05, 4.69) is 19.2 Å². The van der Waals surface area contributed by atoms with E-state index in [-0.39, 0.29) is 6.10 Å². The quantitative estimate of drug-likeness (QED) is 0.708. The van der Waals surface area contributed by atoms with Crippen LogP contribution in [-0.4, -0.2) is 50.2 Å². The summed E-state index contributed by atoms with van der Waals surface area (Å²) in [4.78, 5) is 0. The number of nitrogens with one attached hydrogen (secondary N) is 1. The normalized spacial score (nSPS) is 31.1. The standard InChI is InChI=1S/C15H31NO3/c1-11-5-6-14(7-12(11)2)16-8-15(17)10-19-13(3)9-18-4/h11-17H,5-10H2,1-4H3. The maximum absolute atomic E-state index is 9.89. The lowest BCUT2D eigenvalue weighted by atomic mass is 9.79. The van der Waals surface area contributed by atoms with E-state index in [1.54, 1.807) is 7.11 Å². The molecule has 0 radical (unpaired) electrons. The van der Waals surface area contributed by atoms with E-state index in [1.807, 2.05) is 6.92 Å². The van der Waals surface area contributed by atoms with Crippen LogP contribution in [-0.2, 0) is 9.47 Å². The maximum Gasteiger partial charge on any atom is 0.0897 e. The Bertz CT molecular complexity index is 237. The Balaban J connectivity index is 2.11. The molecule has 0 saturated heterocycles. The minimum atomic E-state index is -0.436. The van der Waals surface area contributed by atoms with Gasteiger partial charge in [-0.2, -0.15) is 0 Å². The Morgan fingerprint density at radius 2 is 1.95 bits per heavy atom. The molecule has 5 unspecified atom stereocenters. The Morgan fingerprint density at radius 1 is 1.21 bits per heavy atom. The van der Waals surface area contributed by atoms with Gasteiger partial charge in [-0.1, -0.05) is 13.8 Å². The van der Waals surface area contributed by atoms with Crippen molar-refractivity contribution in [1.82, 2.24) is 5.32 Å². The van der Waals surface area contributed by atoms with Crippen molar-refractivity contribution in [2.24, 2.45) is 11.8 Å². The van der Waals surface area contributed by atoms with E-state index in [4.69, 9.17) is 9.47 Å². The molecule has 5 atom stereocenters. The fourth-order valence-corrected chi connectivity index (χ4v) is 2.65. The Morgan fingerprint density at radius 3 is 2.58 bits per heavy atom. The zero-order valence-corrected chi connectivity index (χ0v) is 12.9. The van der Waals surface area contributed by atoms with Gasteiger partial charge in [0.2, 0.25) is 0 Å². The summed E-state index contributed by atoms with van der Waals surface area (Å²) in [7, 11) is 1.66. The van der Waals surface area contributed by atoms with Gasteiger partial charge < -0.3 is 19.9 Å². The van der Waals surface area contributed by atoms with Crippen LogP contribution in [0.5, 0.6) is 0 Å². The van der Waals surface area contributed by atoms with Crippen molar-refractivity contribution in [3.05, 3.63) is 0 Å². The second kappa shape index (κ2) is 8.90. The summed E-state index contributed by atoms with van der Waals surface area (Å²) in [5.41, 5.74) is 0. The van der Waals surface area contributed by atoms with Crippen LogP contribution in [0.25, 0.3) is 0 Å². The van der Waals surface area contributed by atoms with Gasteiger partial charge in [0, 0.05) is 19.7 Å². The minimum Gasteiger partial charge on any atom is -0.389 e. The van der Waals surface area contributed by atoms with Crippen molar-refractivity contribution >= 4 is 0 Å². The number of aliphatic hydroxyl groups is 1. The van der Waals surface area contributed by atoms with Crippen LogP contribution in [0.15, 0.2) is 0 Å². The largest absolute Gasteiger partial charge is 0.389 e. The maximum atomic E-state index is 9.89. The molecule has 1 fully saturated rings. The van der Waals surface area contributed by atoms with Crippen LogP contribution in [0.1, 0.15) is 40.0 Å². The van der Waals surface area contributed by atoms with Crippen molar-refractivity contribution in [2.75, 3.05) is 26.9 Å². The highest BCUT2D eigenvalue weighted by molar-refractivity contribution is 4.80. The van der Waals surface area contributed by atoms with Crippen LogP contribution in [0, 0.1) is 11.8 Å². The SMILES string of the molecule is COCC(C)OCC(O)CNC1CCC(C)C(C)C1. The Kier molecular flexibility index (Phi) is 7.91. The summed E-state index contributed by atoms with van der Waals surface area (Å²) in [6, 6.07) is 0.553. The van der Waals surface area contributed by atoms with Crippen molar-refractivity contribution in [2.45, 2.75) is 58.3 Å². The van der Waals surface area contributed by atoms with Gasteiger partial charge in [0.25, 0.3) is 0 Å². The first-order chi connectivity index (χ1) is 9.02. The van der Waals surface area contributed by atoms with Gasteiger partial charge in [-0.05, 0) is 38.0 Å². The molecule has 0 aromatic carbocycles.